The Hall–Kier alpha value is -1.55. The van der Waals surface area contributed by atoms with E-state index in [1.807, 2.05) is 0 Å². The lowest BCUT2D eigenvalue weighted by Crippen LogP contribution is -2.60. The summed E-state index contributed by atoms with van der Waals surface area (Å²) in [5.41, 5.74) is 1.35. The van der Waals surface area contributed by atoms with E-state index in [1.54, 1.807) is 7.11 Å². The molecule has 4 aliphatic rings. The summed E-state index contributed by atoms with van der Waals surface area (Å²) in [5, 5.41) is 0. The molecule has 0 unspecified atom stereocenters. The van der Waals surface area contributed by atoms with Gasteiger partial charge >= 0.3 is 0 Å². The van der Waals surface area contributed by atoms with E-state index >= 15 is 0 Å². The minimum Gasteiger partial charge on any atom is -0.497 e. The van der Waals surface area contributed by atoms with Gasteiger partial charge in [0.05, 0.1) is 13.2 Å². The van der Waals surface area contributed by atoms with Crippen LogP contribution in [0.5, 0.6) is 5.75 Å². The van der Waals surface area contributed by atoms with Crippen LogP contribution in [0, 0.1) is 11.8 Å². The third-order valence-electron chi connectivity index (χ3n) is 6.44. The van der Waals surface area contributed by atoms with Crippen LogP contribution in [0.3, 0.4) is 0 Å². The number of carbonyl (C=O) groups excluding carboxylic acids is 1. The van der Waals surface area contributed by atoms with E-state index in [-0.39, 0.29) is 0 Å². The first-order valence-electron chi connectivity index (χ1n) is 9.76. The van der Waals surface area contributed by atoms with Gasteiger partial charge in [0.1, 0.15) is 5.75 Å². The van der Waals surface area contributed by atoms with Gasteiger partial charge in [0.2, 0.25) is 5.91 Å². The van der Waals surface area contributed by atoms with Gasteiger partial charge in [-0.15, -0.1) is 0 Å². The summed E-state index contributed by atoms with van der Waals surface area (Å²) in [6.45, 7) is 7.56. The summed E-state index contributed by atoms with van der Waals surface area (Å²) in [5.74, 6) is 2.79. The van der Waals surface area contributed by atoms with Gasteiger partial charge in [0.15, 0.2) is 0 Å². The Morgan fingerprint density at radius 2 is 1.84 bits per heavy atom. The van der Waals surface area contributed by atoms with Gasteiger partial charge in [-0.3, -0.25) is 9.69 Å². The molecule has 0 aliphatic carbocycles. The SMILES string of the molecule is COc1ccc([C@@H]2CN(C(=O)CC(C)C)[C@@H]3C4CCN(CC4)[C@@H]32)cc1. The Morgan fingerprint density at radius 1 is 1.16 bits per heavy atom. The molecule has 4 nitrogen and oxygen atoms in total. The number of nitrogens with zero attached hydrogens (tertiary/aromatic N) is 2. The molecule has 4 fully saturated rings. The summed E-state index contributed by atoms with van der Waals surface area (Å²) < 4.78 is 5.32. The zero-order valence-corrected chi connectivity index (χ0v) is 15.6. The molecule has 4 saturated heterocycles. The first kappa shape index (κ1) is 16.9. The van der Waals surface area contributed by atoms with Crippen LogP contribution in [-0.2, 0) is 4.79 Å². The first-order valence-corrected chi connectivity index (χ1v) is 9.76. The fourth-order valence-corrected chi connectivity index (χ4v) is 5.32. The van der Waals surface area contributed by atoms with Gasteiger partial charge < -0.3 is 9.64 Å². The quantitative estimate of drug-likeness (QED) is 0.843. The number of ether oxygens (including phenoxy) is 1. The Labute approximate surface area is 151 Å². The van der Waals surface area contributed by atoms with E-state index in [9.17, 15) is 4.79 Å². The van der Waals surface area contributed by atoms with Gasteiger partial charge in [0, 0.05) is 24.9 Å². The zero-order valence-electron chi connectivity index (χ0n) is 15.6. The Kier molecular flexibility index (Phi) is 4.48. The molecule has 0 radical (unpaired) electrons. The molecule has 0 aromatic heterocycles. The molecule has 1 aromatic carbocycles. The molecule has 5 rings (SSSR count). The molecule has 4 aliphatic heterocycles. The molecular weight excluding hydrogens is 312 g/mol. The molecule has 25 heavy (non-hydrogen) atoms. The predicted molar refractivity (Wildman–Crippen MR) is 98.8 cm³/mol. The standard InChI is InChI=1S/C21H30N2O2/c1-14(2)12-19(24)23-13-18(15-4-6-17(25-3)7-5-15)21-20(23)16-8-10-22(21)11-9-16/h4-7,14,16,18,20-21H,8-13H2,1-3H3/t18-,20+,21+/m0/s1. The molecule has 2 bridgehead atoms. The van der Waals surface area contributed by atoms with Gasteiger partial charge in [0.25, 0.3) is 0 Å². The Balaban J connectivity index is 1.64. The molecule has 0 saturated carbocycles. The molecule has 4 heteroatoms. The van der Waals surface area contributed by atoms with E-state index < -0.39 is 0 Å². The summed E-state index contributed by atoms with van der Waals surface area (Å²) >= 11 is 0. The summed E-state index contributed by atoms with van der Waals surface area (Å²) in [6, 6.07) is 9.41. The smallest absolute Gasteiger partial charge is 0.223 e. The lowest BCUT2D eigenvalue weighted by Gasteiger charge is -2.51. The highest BCUT2D eigenvalue weighted by Gasteiger charge is 2.54. The van der Waals surface area contributed by atoms with Crippen LogP contribution in [-0.4, -0.2) is 54.5 Å². The monoisotopic (exact) mass is 342 g/mol. The van der Waals surface area contributed by atoms with Crippen molar-refractivity contribution >= 4 is 5.91 Å². The van der Waals surface area contributed by atoms with Crippen molar-refractivity contribution in [2.45, 2.75) is 51.1 Å². The minimum absolute atomic E-state index is 0.356. The highest BCUT2D eigenvalue weighted by atomic mass is 16.5. The van der Waals surface area contributed by atoms with Gasteiger partial charge in [-0.2, -0.15) is 0 Å². The largest absolute Gasteiger partial charge is 0.497 e. The van der Waals surface area contributed by atoms with Crippen LogP contribution in [0.4, 0.5) is 0 Å². The average molecular weight is 342 g/mol. The van der Waals surface area contributed by atoms with Crippen molar-refractivity contribution in [1.82, 2.24) is 9.80 Å². The van der Waals surface area contributed by atoms with Crippen molar-refractivity contribution in [1.29, 1.82) is 0 Å². The summed E-state index contributed by atoms with van der Waals surface area (Å²) in [6.07, 6.45) is 3.18. The highest BCUT2D eigenvalue weighted by molar-refractivity contribution is 5.77. The molecule has 4 heterocycles. The van der Waals surface area contributed by atoms with E-state index in [4.69, 9.17) is 4.74 Å². The van der Waals surface area contributed by atoms with E-state index in [1.165, 1.54) is 31.5 Å². The van der Waals surface area contributed by atoms with E-state index in [0.717, 1.165) is 12.3 Å². The lowest BCUT2D eigenvalue weighted by atomic mass is 9.75. The van der Waals surface area contributed by atoms with Crippen LogP contribution < -0.4 is 4.74 Å². The molecule has 3 atom stereocenters. The third kappa shape index (κ3) is 2.95. The second kappa shape index (κ2) is 6.64. The normalized spacial score (nSPS) is 33.6. The number of amides is 1. The van der Waals surface area contributed by atoms with Crippen molar-refractivity contribution in [3.8, 4) is 5.75 Å². The fraction of sp³-hybridized carbons (Fsp3) is 0.667. The number of hydrogen-bond acceptors (Lipinski definition) is 3. The minimum atomic E-state index is 0.356. The molecule has 0 N–H and O–H groups in total. The Bertz CT molecular complexity index is 619. The van der Waals surface area contributed by atoms with E-state index in [0.29, 0.717) is 42.2 Å². The predicted octanol–water partition coefficient (Wildman–Crippen LogP) is 3.13. The second-order valence-electron chi connectivity index (χ2n) is 8.38. The van der Waals surface area contributed by atoms with Crippen molar-refractivity contribution in [2.75, 3.05) is 26.7 Å². The van der Waals surface area contributed by atoms with E-state index in [2.05, 4.69) is 47.9 Å². The molecule has 0 spiro atoms. The fourth-order valence-electron chi connectivity index (χ4n) is 5.32. The maximum absolute atomic E-state index is 13.0. The van der Waals surface area contributed by atoms with Crippen LogP contribution in [0.25, 0.3) is 0 Å². The third-order valence-corrected chi connectivity index (χ3v) is 6.44. The van der Waals surface area contributed by atoms with Crippen LogP contribution in [0.2, 0.25) is 0 Å². The number of fused-ring (bicyclic) bond motifs is 2. The van der Waals surface area contributed by atoms with Crippen molar-refractivity contribution in [2.24, 2.45) is 11.8 Å². The maximum Gasteiger partial charge on any atom is 0.223 e. The van der Waals surface area contributed by atoms with Gasteiger partial charge in [-0.25, -0.2) is 0 Å². The topological polar surface area (TPSA) is 32.8 Å². The molecular formula is C21H30N2O2. The summed E-state index contributed by atoms with van der Waals surface area (Å²) in [7, 11) is 1.71. The second-order valence-corrected chi connectivity index (χ2v) is 8.38. The van der Waals surface area contributed by atoms with Gasteiger partial charge in [-0.1, -0.05) is 26.0 Å². The summed E-state index contributed by atoms with van der Waals surface area (Å²) in [4.78, 5) is 17.9. The van der Waals surface area contributed by atoms with Gasteiger partial charge in [-0.05, 0) is 55.5 Å². The van der Waals surface area contributed by atoms with Crippen LogP contribution in [0.15, 0.2) is 24.3 Å². The first-order chi connectivity index (χ1) is 12.1. The average Bonchev–Trinajstić information content (AvgIpc) is 3.05. The number of likely N-dealkylation sites (tertiary alicyclic amines) is 1. The van der Waals surface area contributed by atoms with Crippen molar-refractivity contribution < 1.29 is 9.53 Å². The lowest BCUT2D eigenvalue weighted by molar-refractivity contribution is -0.136. The molecule has 1 aromatic rings. The Morgan fingerprint density at radius 3 is 2.44 bits per heavy atom. The number of benzene rings is 1. The number of carbonyl (C=O) groups is 1. The van der Waals surface area contributed by atoms with Crippen molar-refractivity contribution in [3.05, 3.63) is 29.8 Å². The molecule has 136 valence electrons. The van der Waals surface area contributed by atoms with Crippen LogP contribution >= 0.6 is 0 Å². The maximum atomic E-state index is 13.0. The number of rotatable bonds is 4. The molecule has 1 amide bonds. The van der Waals surface area contributed by atoms with Crippen molar-refractivity contribution in [3.63, 3.8) is 0 Å². The number of piperidine rings is 3. The number of hydrogen-bond donors (Lipinski definition) is 0. The highest BCUT2D eigenvalue weighted by Crippen LogP contribution is 2.46. The van der Waals surface area contributed by atoms with Crippen LogP contribution in [0.1, 0.15) is 44.6 Å². The zero-order chi connectivity index (χ0) is 17.6. The number of methoxy groups -OCH3 is 1.